The Labute approximate surface area is 92.1 Å². The van der Waals surface area contributed by atoms with E-state index in [2.05, 4.69) is 30.0 Å². The molecule has 0 saturated heterocycles. The summed E-state index contributed by atoms with van der Waals surface area (Å²) in [6.45, 7) is 2.81. The highest BCUT2D eigenvalue weighted by Gasteiger charge is 1.99. The van der Waals surface area contributed by atoms with Crippen LogP contribution >= 0.6 is 0 Å². The molecule has 0 aromatic heterocycles. The molecule has 0 amide bonds. The first-order chi connectivity index (χ1) is 7.38. The van der Waals surface area contributed by atoms with Gasteiger partial charge < -0.3 is 4.74 Å². The van der Waals surface area contributed by atoms with Crippen molar-refractivity contribution in [2.75, 3.05) is 13.7 Å². The van der Waals surface area contributed by atoms with Gasteiger partial charge in [-0.05, 0) is 31.4 Å². The van der Waals surface area contributed by atoms with Gasteiger partial charge in [0.15, 0.2) is 0 Å². The van der Waals surface area contributed by atoms with Crippen molar-refractivity contribution in [1.29, 1.82) is 0 Å². The van der Waals surface area contributed by atoms with Gasteiger partial charge in [-0.3, -0.25) is 0 Å². The maximum atomic E-state index is 5.05. The van der Waals surface area contributed by atoms with Gasteiger partial charge in [0.05, 0.1) is 0 Å². The van der Waals surface area contributed by atoms with E-state index in [1.807, 2.05) is 19.1 Å². The first-order valence-electron chi connectivity index (χ1n) is 5.33. The lowest BCUT2D eigenvalue weighted by atomic mass is 10.0. The Morgan fingerprint density at radius 1 is 1.33 bits per heavy atom. The van der Waals surface area contributed by atoms with Crippen molar-refractivity contribution >= 4 is 5.57 Å². The van der Waals surface area contributed by atoms with Crippen LogP contribution in [0.2, 0.25) is 0 Å². The van der Waals surface area contributed by atoms with E-state index in [1.165, 1.54) is 11.1 Å². The maximum Gasteiger partial charge on any atom is 0.0465 e. The van der Waals surface area contributed by atoms with Gasteiger partial charge in [-0.1, -0.05) is 30.3 Å². The molecule has 0 aliphatic rings. The molecule has 0 fully saturated rings. The first kappa shape index (κ1) is 11.8. The number of ether oxygens (including phenoxy) is 1. The molecule has 0 spiro atoms. The van der Waals surface area contributed by atoms with Crippen LogP contribution in [0.1, 0.15) is 25.3 Å². The van der Waals surface area contributed by atoms with Gasteiger partial charge in [-0.2, -0.15) is 0 Å². The number of hydrogen-bond donors (Lipinski definition) is 0. The Morgan fingerprint density at radius 2 is 2.07 bits per heavy atom. The van der Waals surface area contributed by atoms with Crippen LogP contribution in [0.15, 0.2) is 42.1 Å². The van der Waals surface area contributed by atoms with Crippen molar-refractivity contribution < 1.29 is 4.74 Å². The predicted molar refractivity (Wildman–Crippen MR) is 64.7 cm³/mol. The van der Waals surface area contributed by atoms with Gasteiger partial charge >= 0.3 is 0 Å². The number of methoxy groups -OCH3 is 1. The predicted octanol–water partition coefficient (Wildman–Crippen LogP) is 3.67. The summed E-state index contributed by atoms with van der Waals surface area (Å²) in [5.41, 5.74) is 5.81. The molecule has 80 valence electrons. The second-order valence-electron chi connectivity index (χ2n) is 3.37. The second-order valence-corrected chi connectivity index (χ2v) is 3.37. The molecule has 1 aromatic rings. The lowest BCUT2D eigenvalue weighted by molar-refractivity contribution is 0.196. The van der Waals surface area contributed by atoms with Crippen molar-refractivity contribution in [1.82, 2.24) is 0 Å². The minimum atomic E-state index is 0.807. The molecule has 0 aliphatic heterocycles. The van der Waals surface area contributed by atoms with Crippen molar-refractivity contribution in [3.05, 3.63) is 47.7 Å². The SMILES string of the molecule is CC=C=C(CCCOC)c1ccccc1. The minimum absolute atomic E-state index is 0.807. The van der Waals surface area contributed by atoms with Gasteiger partial charge in [-0.15, -0.1) is 5.73 Å². The summed E-state index contributed by atoms with van der Waals surface area (Å²) in [6, 6.07) is 10.4. The van der Waals surface area contributed by atoms with Crippen LogP contribution in [-0.2, 0) is 4.74 Å². The van der Waals surface area contributed by atoms with Crippen molar-refractivity contribution in [2.45, 2.75) is 19.8 Å². The number of allylic oxidation sites excluding steroid dienone is 1. The topological polar surface area (TPSA) is 9.23 Å². The Bertz CT molecular complexity index is 332. The third kappa shape index (κ3) is 4.16. The van der Waals surface area contributed by atoms with Crippen LogP contribution < -0.4 is 0 Å². The fourth-order valence-corrected chi connectivity index (χ4v) is 1.51. The second kappa shape index (κ2) is 7.05. The third-order valence-corrected chi connectivity index (χ3v) is 2.22. The molecule has 1 nitrogen and oxygen atoms in total. The Kier molecular flexibility index (Phi) is 5.54. The highest BCUT2D eigenvalue weighted by Crippen LogP contribution is 2.18. The summed E-state index contributed by atoms with van der Waals surface area (Å²) in [4.78, 5) is 0. The molecule has 0 radical (unpaired) electrons. The summed E-state index contributed by atoms with van der Waals surface area (Å²) in [5, 5.41) is 0. The molecule has 0 unspecified atom stereocenters. The normalized spacial score (nSPS) is 9.47. The zero-order valence-corrected chi connectivity index (χ0v) is 9.49. The highest BCUT2D eigenvalue weighted by atomic mass is 16.5. The monoisotopic (exact) mass is 202 g/mol. The van der Waals surface area contributed by atoms with Crippen LogP contribution in [-0.4, -0.2) is 13.7 Å². The molecule has 1 heteroatoms. The van der Waals surface area contributed by atoms with E-state index >= 15 is 0 Å². The zero-order valence-electron chi connectivity index (χ0n) is 9.49. The fourth-order valence-electron chi connectivity index (χ4n) is 1.51. The van der Waals surface area contributed by atoms with Gasteiger partial charge in [0, 0.05) is 19.3 Å². The summed E-state index contributed by atoms with van der Waals surface area (Å²) < 4.78 is 5.05. The molecule has 0 bridgehead atoms. The van der Waals surface area contributed by atoms with E-state index < -0.39 is 0 Å². The molecule has 1 aromatic carbocycles. The van der Waals surface area contributed by atoms with Crippen molar-refractivity contribution in [3.8, 4) is 0 Å². The molecule has 0 saturated carbocycles. The Morgan fingerprint density at radius 3 is 2.67 bits per heavy atom. The minimum Gasteiger partial charge on any atom is -0.385 e. The van der Waals surface area contributed by atoms with Crippen LogP contribution in [0.4, 0.5) is 0 Å². The third-order valence-electron chi connectivity index (χ3n) is 2.22. The largest absolute Gasteiger partial charge is 0.385 e. The molecule has 0 aliphatic carbocycles. The van der Waals surface area contributed by atoms with Crippen LogP contribution in [0.5, 0.6) is 0 Å². The first-order valence-corrected chi connectivity index (χ1v) is 5.33. The molecule has 0 N–H and O–H groups in total. The van der Waals surface area contributed by atoms with E-state index in [9.17, 15) is 0 Å². The van der Waals surface area contributed by atoms with Crippen molar-refractivity contribution in [3.63, 3.8) is 0 Å². The summed E-state index contributed by atoms with van der Waals surface area (Å²) in [5.74, 6) is 0. The van der Waals surface area contributed by atoms with E-state index in [0.29, 0.717) is 0 Å². The van der Waals surface area contributed by atoms with E-state index in [1.54, 1.807) is 7.11 Å². The number of rotatable bonds is 5. The Balaban J connectivity index is 2.72. The summed E-state index contributed by atoms with van der Waals surface area (Å²) >= 11 is 0. The molecule has 1 rings (SSSR count). The van der Waals surface area contributed by atoms with Crippen LogP contribution in [0.25, 0.3) is 5.57 Å². The molecule has 0 heterocycles. The zero-order chi connectivity index (χ0) is 10.9. The quantitative estimate of drug-likeness (QED) is 0.523. The number of benzene rings is 1. The molecular formula is C14H18O. The van der Waals surface area contributed by atoms with Crippen LogP contribution in [0, 0.1) is 0 Å². The van der Waals surface area contributed by atoms with Gasteiger partial charge in [-0.25, -0.2) is 0 Å². The average Bonchev–Trinajstić information content (AvgIpc) is 2.29. The fraction of sp³-hybridized carbons (Fsp3) is 0.357. The lowest BCUT2D eigenvalue weighted by Gasteiger charge is -2.04. The molecule has 15 heavy (non-hydrogen) atoms. The summed E-state index contributed by atoms with van der Waals surface area (Å²) in [6.07, 6.45) is 4.03. The molecule has 0 atom stereocenters. The molecular weight excluding hydrogens is 184 g/mol. The van der Waals surface area contributed by atoms with E-state index in [-0.39, 0.29) is 0 Å². The highest BCUT2D eigenvalue weighted by molar-refractivity contribution is 5.64. The van der Waals surface area contributed by atoms with Crippen molar-refractivity contribution in [2.24, 2.45) is 0 Å². The van der Waals surface area contributed by atoms with Gasteiger partial charge in [0.2, 0.25) is 0 Å². The van der Waals surface area contributed by atoms with Gasteiger partial charge in [0.25, 0.3) is 0 Å². The Hall–Kier alpha value is -1.30. The van der Waals surface area contributed by atoms with E-state index in [4.69, 9.17) is 4.74 Å². The van der Waals surface area contributed by atoms with Crippen LogP contribution in [0.3, 0.4) is 0 Å². The van der Waals surface area contributed by atoms with Gasteiger partial charge in [0.1, 0.15) is 0 Å². The smallest absolute Gasteiger partial charge is 0.0465 e. The maximum absolute atomic E-state index is 5.05. The lowest BCUT2D eigenvalue weighted by Crippen LogP contribution is -1.90. The standard InChI is InChI=1S/C14H18O/c1-3-8-13(11-7-12-15-2)14-9-5-4-6-10-14/h3-6,9-10H,7,11-12H2,1-2H3. The average molecular weight is 202 g/mol. The van der Waals surface area contributed by atoms with E-state index in [0.717, 1.165) is 19.4 Å². The number of hydrogen-bond acceptors (Lipinski definition) is 1. The summed E-state index contributed by atoms with van der Waals surface area (Å²) in [7, 11) is 1.74.